The molecule has 0 bridgehead atoms. The van der Waals surface area contributed by atoms with Crippen molar-refractivity contribution in [2.75, 3.05) is 13.6 Å². The first-order valence-electron chi connectivity index (χ1n) is 6.10. The summed E-state index contributed by atoms with van der Waals surface area (Å²) in [6.45, 7) is 0.899. The molecule has 20 heavy (non-hydrogen) atoms. The Bertz CT molecular complexity index is 568. The van der Waals surface area contributed by atoms with Crippen molar-refractivity contribution in [3.63, 3.8) is 0 Å². The minimum atomic E-state index is -0.592. The molecule has 0 fully saturated rings. The maximum Gasteiger partial charge on any atom is 0.126 e. The molecule has 1 heterocycles. The van der Waals surface area contributed by atoms with Crippen molar-refractivity contribution in [2.24, 2.45) is 5.73 Å². The average Bonchev–Trinajstić information content (AvgIpc) is 2.74. The van der Waals surface area contributed by atoms with E-state index >= 15 is 0 Å². The van der Waals surface area contributed by atoms with Gasteiger partial charge in [0.05, 0.1) is 4.34 Å². The third-order valence-electron chi connectivity index (χ3n) is 3.06. The highest BCUT2D eigenvalue weighted by Gasteiger charge is 2.18. The van der Waals surface area contributed by atoms with Gasteiger partial charge in [0, 0.05) is 30.1 Å². The van der Waals surface area contributed by atoms with E-state index in [1.54, 1.807) is 0 Å². The van der Waals surface area contributed by atoms with E-state index in [1.165, 1.54) is 23.5 Å². The summed E-state index contributed by atoms with van der Waals surface area (Å²) in [6.07, 6.45) is 0. The van der Waals surface area contributed by atoms with Gasteiger partial charge in [-0.25, -0.2) is 8.78 Å². The summed E-state index contributed by atoms with van der Waals surface area (Å²) in [5.41, 5.74) is 6.29. The number of thiophene rings is 1. The molecule has 0 amide bonds. The Balaban J connectivity index is 2.18. The smallest absolute Gasteiger partial charge is 0.126 e. The Labute approximate surface area is 125 Å². The Morgan fingerprint density at radius 3 is 2.40 bits per heavy atom. The molecule has 1 aromatic carbocycles. The summed E-state index contributed by atoms with van der Waals surface area (Å²) in [7, 11) is 1.87. The zero-order valence-corrected chi connectivity index (χ0v) is 12.5. The van der Waals surface area contributed by atoms with Crippen LogP contribution in [0.3, 0.4) is 0 Å². The number of hydrogen-bond acceptors (Lipinski definition) is 3. The van der Waals surface area contributed by atoms with Crippen LogP contribution in [0.5, 0.6) is 0 Å². The Morgan fingerprint density at radius 2 is 1.90 bits per heavy atom. The number of likely N-dealkylation sites (N-methyl/N-ethyl adjacent to an activating group) is 1. The quantitative estimate of drug-likeness (QED) is 0.909. The largest absolute Gasteiger partial charge is 0.329 e. The van der Waals surface area contributed by atoms with E-state index in [1.807, 2.05) is 24.1 Å². The normalized spacial score (nSPS) is 12.9. The molecule has 108 valence electrons. The van der Waals surface area contributed by atoms with E-state index in [4.69, 9.17) is 17.3 Å². The van der Waals surface area contributed by atoms with Gasteiger partial charge >= 0.3 is 0 Å². The maximum absolute atomic E-state index is 13.3. The van der Waals surface area contributed by atoms with Crippen LogP contribution in [0.15, 0.2) is 30.3 Å². The monoisotopic (exact) mass is 316 g/mol. The van der Waals surface area contributed by atoms with Crippen molar-refractivity contribution < 1.29 is 8.78 Å². The third-order valence-corrected chi connectivity index (χ3v) is 4.27. The van der Waals surface area contributed by atoms with E-state index in [9.17, 15) is 8.78 Å². The lowest BCUT2D eigenvalue weighted by Gasteiger charge is -2.27. The Kier molecular flexibility index (Phi) is 5.10. The van der Waals surface area contributed by atoms with Crippen molar-refractivity contribution in [3.05, 3.63) is 56.7 Å². The fraction of sp³-hybridized carbons (Fsp3) is 0.286. The molecule has 0 radical (unpaired) electrons. The van der Waals surface area contributed by atoms with Gasteiger partial charge in [-0.3, -0.25) is 4.90 Å². The van der Waals surface area contributed by atoms with Gasteiger partial charge in [-0.05, 0) is 36.9 Å². The number of nitrogens with zero attached hydrogens (tertiary/aromatic N) is 1. The van der Waals surface area contributed by atoms with Crippen LogP contribution in [0.4, 0.5) is 8.78 Å². The summed E-state index contributed by atoms with van der Waals surface area (Å²) in [5.74, 6) is -1.18. The summed E-state index contributed by atoms with van der Waals surface area (Å²) >= 11 is 7.37. The molecule has 2 nitrogen and oxygen atoms in total. The lowest BCUT2D eigenvalue weighted by molar-refractivity contribution is 0.243. The summed E-state index contributed by atoms with van der Waals surface area (Å²) in [4.78, 5) is 3.03. The van der Waals surface area contributed by atoms with Gasteiger partial charge < -0.3 is 5.73 Å². The second kappa shape index (κ2) is 6.63. The van der Waals surface area contributed by atoms with E-state index < -0.39 is 11.6 Å². The number of nitrogens with two attached hydrogens (primary N) is 1. The summed E-state index contributed by atoms with van der Waals surface area (Å²) < 4.78 is 27.3. The molecule has 0 saturated carbocycles. The standard InChI is InChI=1S/C14H15ClF2N2S/c1-19(8-12-2-3-14(15)20-12)13(7-18)9-4-10(16)6-11(17)5-9/h2-6,13H,7-8,18H2,1H3. The fourth-order valence-electron chi connectivity index (χ4n) is 2.13. The predicted octanol–water partition coefficient (Wildman–Crippen LogP) is 3.81. The van der Waals surface area contributed by atoms with Crippen LogP contribution in [-0.4, -0.2) is 18.5 Å². The molecule has 2 aromatic rings. The zero-order chi connectivity index (χ0) is 14.7. The van der Waals surface area contributed by atoms with Crippen LogP contribution in [-0.2, 0) is 6.54 Å². The molecular formula is C14H15ClF2N2S. The van der Waals surface area contributed by atoms with Crippen LogP contribution >= 0.6 is 22.9 Å². The summed E-state index contributed by atoms with van der Waals surface area (Å²) in [5, 5.41) is 0. The van der Waals surface area contributed by atoms with Crippen LogP contribution in [0.25, 0.3) is 0 Å². The second-order valence-electron chi connectivity index (χ2n) is 4.58. The van der Waals surface area contributed by atoms with Gasteiger partial charge in [-0.2, -0.15) is 0 Å². The van der Waals surface area contributed by atoms with Crippen LogP contribution in [0.1, 0.15) is 16.5 Å². The van der Waals surface area contributed by atoms with Crippen molar-refractivity contribution in [2.45, 2.75) is 12.6 Å². The third kappa shape index (κ3) is 3.76. The van der Waals surface area contributed by atoms with Crippen molar-refractivity contribution in [1.82, 2.24) is 4.90 Å². The van der Waals surface area contributed by atoms with E-state index in [0.29, 0.717) is 12.1 Å². The number of benzene rings is 1. The lowest BCUT2D eigenvalue weighted by Crippen LogP contribution is -2.30. The molecule has 2 N–H and O–H groups in total. The van der Waals surface area contributed by atoms with Gasteiger partial charge in [0.1, 0.15) is 11.6 Å². The first kappa shape index (κ1) is 15.4. The molecule has 2 rings (SSSR count). The molecule has 0 aliphatic carbocycles. The lowest BCUT2D eigenvalue weighted by atomic mass is 10.1. The SMILES string of the molecule is CN(Cc1ccc(Cl)s1)C(CN)c1cc(F)cc(F)c1. The molecule has 1 unspecified atom stereocenters. The molecule has 1 atom stereocenters. The first-order valence-corrected chi connectivity index (χ1v) is 7.29. The van der Waals surface area contributed by atoms with Crippen molar-refractivity contribution in [1.29, 1.82) is 0 Å². The fourth-order valence-corrected chi connectivity index (χ4v) is 3.28. The molecular weight excluding hydrogens is 302 g/mol. The molecule has 0 aliphatic heterocycles. The minimum absolute atomic E-state index is 0.249. The molecule has 1 aromatic heterocycles. The maximum atomic E-state index is 13.3. The number of rotatable bonds is 5. The molecule has 0 aliphatic rings. The number of halogens is 3. The van der Waals surface area contributed by atoms with Crippen LogP contribution in [0.2, 0.25) is 4.34 Å². The van der Waals surface area contributed by atoms with E-state index in [0.717, 1.165) is 15.3 Å². The number of hydrogen-bond donors (Lipinski definition) is 1. The topological polar surface area (TPSA) is 29.3 Å². The Hall–Kier alpha value is -1.01. The van der Waals surface area contributed by atoms with Crippen molar-refractivity contribution >= 4 is 22.9 Å². The molecule has 6 heteroatoms. The average molecular weight is 317 g/mol. The minimum Gasteiger partial charge on any atom is -0.329 e. The van der Waals surface area contributed by atoms with Crippen molar-refractivity contribution in [3.8, 4) is 0 Å². The zero-order valence-electron chi connectivity index (χ0n) is 10.9. The van der Waals surface area contributed by atoms with Crippen LogP contribution in [0, 0.1) is 11.6 Å². The van der Waals surface area contributed by atoms with E-state index in [-0.39, 0.29) is 12.6 Å². The van der Waals surface area contributed by atoms with Gasteiger partial charge in [-0.1, -0.05) is 11.6 Å². The highest BCUT2D eigenvalue weighted by Crippen LogP contribution is 2.26. The first-order chi connectivity index (χ1) is 9.49. The summed E-state index contributed by atoms with van der Waals surface area (Å²) in [6, 6.07) is 7.01. The molecule has 0 spiro atoms. The van der Waals surface area contributed by atoms with Gasteiger partial charge in [0.2, 0.25) is 0 Å². The highest BCUT2D eigenvalue weighted by molar-refractivity contribution is 7.16. The van der Waals surface area contributed by atoms with Crippen LogP contribution < -0.4 is 5.73 Å². The highest BCUT2D eigenvalue weighted by atomic mass is 35.5. The predicted molar refractivity (Wildman–Crippen MR) is 78.9 cm³/mol. The van der Waals surface area contributed by atoms with Gasteiger partial charge in [0.15, 0.2) is 0 Å². The van der Waals surface area contributed by atoms with Gasteiger partial charge in [-0.15, -0.1) is 11.3 Å². The Morgan fingerprint density at radius 1 is 1.25 bits per heavy atom. The van der Waals surface area contributed by atoms with Gasteiger partial charge in [0.25, 0.3) is 0 Å². The second-order valence-corrected chi connectivity index (χ2v) is 6.37. The molecule has 0 saturated heterocycles. The van der Waals surface area contributed by atoms with E-state index in [2.05, 4.69) is 0 Å².